The summed E-state index contributed by atoms with van der Waals surface area (Å²) in [4.78, 5) is 32.5. The molecule has 1 saturated heterocycles. The number of pyridine rings is 1. The first-order valence-electron chi connectivity index (χ1n) is 8.60. The van der Waals surface area contributed by atoms with Crippen LogP contribution in [0.2, 0.25) is 5.15 Å². The Morgan fingerprint density at radius 2 is 1.96 bits per heavy atom. The van der Waals surface area contributed by atoms with E-state index < -0.39 is 11.7 Å². The molecule has 27 heavy (non-hydrogen) atoms. The lowest BCUT2D eigenvalue weighted by Crippen LogP contribution is -2.59. The number of piperazine rings is 1. The zero-order valence-corrected chi connectivity index (χ0v) is 18.5. The first-order chi connectivity index (χ1) is 12.5. The number of ether oxygens (including phenoxy) is 2. The molecule has 0 aromatic carbocycles. The Morgan fingerprint density at radius 1 is 1.30 bits per heavy atom. The molecule has 0 aliphatic carbocycles. The molecule has 1 aliphatic rings. The standard InChI is InChI=1S/C18H25BrClN3O4/c1-11(24)22-8-13(10-26-5)23(17(25)27-18(2,3)4)9-14(22)12-6-15(19)21-16(20)7-12/h6-7,13-14H,8-10H2,1-5H3. The van der Waals surface area contributed by atoms with Gasteiger partial charge >= 0.3 is 6.09 Å². The summed E-state index contributed by atoms with van der Waals surface area (Å²) < 4.78 is 11.4. The van der Waals surface area contributed by atoms with E-state index in [4.69, 9.17) is 21.1 Å². The summed E-state index contributed by atoms with van der Waals surface area (Å²) in [6.07, 6.45) is -0.433. The van der Waals surface area contributed by atoms with Gasteiger partial charge in [0.2, 0.25) is 5.91 Å². The second-order valence-corrected chi connectivity index (χ2v) is 8.67. The van der Waals surface area contributed by atoms with Crippen molar-refractivity contribution in [2.75, 3.05) is 26.8 Å². The topological polar surface area (TPSA) is 72.0 Å². The van der Waals surface area contributed by atoms with Crippen molar-refractivity contribution in [3.63, 3.8) is 0 Å². The summed E-state index contributed by atoms with van der Waals surface area (Å²) in [5.41, 5.74) is 0.173. The number of methoxy groups -OCH3 is 1. The number of halogens is 2. The molecule has 9 heteroatoms. The normalized spacial score (nSPS) is 20.6. The van der Waals surface area contributed by atoms with Crippen LogP contribution in [0.5, 0.6) is 0 Å². The molecule has 0 bridgehead atoms. The van der Waals surface area contributed by atoms with Crippen molar-refractivity contribution in [1.29, 1.82) is 0 Å². The number of rotatable bonds is 3. The highest BCUT2D eigenvalue weighted by Gasteiger charge is 2.40. The molecule has 2 unspecified atom stereocenters. The van der Waals surface area contributed by atoms with Crippen LogP contribution in [0.4, 0.5) is 4.79 Å². The van der Waals surface area contributed by atoms with E-state index in [1.807, 2.05) is 20.8 Å². The number of amides is 2. The van der Waals surface area contributed by atoms with Gasteiger partial charge in [-0.15, -0.1) is 0 Å². The molecule has 2 atom stereocenters. The Hall–Kier alpha value is -1.38. The van der Waals surface area contributed by atoms with Gasteiger partial charge in [-0.1, -0.05) is 11.6 Å². The number of carbonyl (C=O) groups is 2. The van der Waals surface area contributed by atoms with E-state index >= 15 is 0 Å². The highest BCUT2D eigenvalue weighted by Crippen LogP contribution is 2.31. The highest BCUT2D eigenvalue weighted by molar-refractivity contribution is 9.10. The average molecular weight is 463 g/mol. The Balaban J connectivity index is 2.39. The van der Waals surface area contributed by atoms with Crippen molar-refractivity contribution in [2.45, 2.75) is 45.4 Å². The average Bonchev–Trinajstić information content (AvgIpc) is 2.52. The molecule has 1 aromatic rings. The van der Waals surface area contributed by atoms with Gasteiger partial charge in [-0.05, 0) is 54.4 Å². The van der Waals surface area contributed by atoms with Gasteiger partial charge in [-0.25, -0.2) is 9.78 Å². The van der Waals surface area contributed by atoms with E-state index in [2.05, 4.69) is 20.9 Å². The molecule has 1 aliphatic heterocycles. The molecule has 0 radical (unpaired) electrons. The molecule has 2 rings (SSSR count). The molecule has 0 N–H and O–H groups in total. The van der Waals surface area contributed by atoms with Crippen LogP contribution >= 0.6 is 27.5 Å². The monoisotopic (exact) mass is 461 g/mol. The van der Waals surface area contributed by atoms with Crippen LogP contribution in [-0.4, -0.2) is 65.2 Å². The Kier molecular flexibility index (Phi) is 7.10. The maximum Gasteiger partial charge on any atom is 0.410 e. The molecule has 150 valence electrons. The van der Waals surface area contributed by atoms with Gasteiger partial charge < -0.3 is 14.4 Å². The van der Waals surface area contributed by atoms with Gasteiger partial charge in [-0.3, -0.25) is 9.69 Å². The summed E-state index contributed by atoms with van der Waals surface area (Å²) in [6.45, 7) is 7.88. The van der Waals surface area contributed by atoms with Crippen LogP contribution in [0.3, 0.4) is 0 Å². The second kappa shape index (κ2) is 8.75. The molecule has 2 amide bonds. The molecule has 1 fully saturated rings. The van der Waals surface area contributed by atoms with Crippen molar-refractivity contribution < 1.29 is 19.1 Å². The van der Waals surface area contributed by atoms with Crippen molar-refractivity contribution in [2.24, 2.45) is 0 Å². The largest absolute Gasteiger partial charge is 0.444 e. The van der Waals surface area contributed by atoms with Crippen molar-refractivity contribution in [3.8, 4) is 0 Å². The molecule has 7 nitrogen and oxygen atoms in total. The van der Waals surface area contributed by atoms with Crippen LogP contribution in [0.15, 0.2) is 16.7 Å². The van der Waals surface area contributed by atoms with Crippen molar-refractivity contribution in [1.82, 2.24) is 14.8 Å². The SMILES string of the molecule is COCC1CN(C(C)=O)C(c2cc(Cl)nc(Br)c2)CN1C(=O)OC(C)(C)C. The first-order valence-corrected chi connectivity index (χ1v) is 9.77. The minimum absolute atomic E-state index is 0.0889. The minimum atomic E-state index is -0.620. The van der Waals surface area contributed by atoms with E-state index in [0.29, 0.717) is 22.9 Å². The summed E-state index contributed by atoms with van der Waals surface area (Å²) >= 11 is 9.42. The summed E-state index contributed by atoms with van der Waals surface area (Å²) in [5.74, 6) is -0.0889. The molecular weight excluding hydrogens is 438 g/mol. The molecule has 0 spiro atoms. The van der Waals surface area contributed by atoms with Gasteiger partial charge in [0.1, 0.15) is 15.4 Å². The second-order valence-electron chi connectivity index (χ2n) is 7.47. The van der Waals surface area contributed by atoms with Crippen molar-refractivity contribution in [3.05, 3.63) is 27.5 Å². The predicted octanol–water partition coefficient (Wildman–Crippen LogP) is 3.65. The lowest BCUT2D eigenvalue weighted by molar-refractivity contribution is -0.136. The van der Waals surface area contributed by atoms with Crippen LogP contribution in [0, 0.1) is 0 Å². The maximum atomic E-state index is 12.8. The fourth-order valence-electron chi connectivity index (χ4n) is 3.08. The molecule has 0 saturated carbocycles. The zero-order chi connectivity index (χ0) is 20.4. The fourth-order valence-corrected chi connectivity index (χ4v) is 3.85. The number of aromatic nitrogens is 1. The highest BCUT2D eigenvalue weighted by atomic mass is 79.9. The quantitative estimate of drug-likeness (QED) is 0.641. The first kappa shape index (κ1) is 21.9. The Morgan fingerprint density at radius 3 is 2.48 bits per heavy atom. The van der Waals surface area contributed by atoms with E-state index in [1.165, 1.54) is 6.92 Å². The lowest BCUT2D eigenvalue weighted by Gasteiger charge is -2.46. The maximum absolute atomic E-state index is 12.8. The van der Waals surface area contributed by atoms with E-state index in [9.17, 15) is 9.59 Å². The predicted molar refractivity (Wildman–Crippen MR) is 106 cm³/mol. The third-order valence-corrected chi connectivity index (χ3v) is 4.76. The number of hydrogen-bond donors (Lipinski definition) is 0. The van der Waals surface area contributed by atoms with Crippen LogP contribution in [0.25, 0.3) is 0 Å². The summed E-state index contributed by atoms with van der Waals surface area (Å²) in [7, 11) is 1.57. The van der Waals surface area contributed by atoms with Gasteiger partial charge in [0.15, 0.2) is 0 Å². The van der Waals surface area contributed by atoms with Gasteiger partial charge in [0, 0.05) is 27.1 Å². The minimum Gasteiger partial charge on any atom is -0.444 e. The Labute approximate surface area is 173 Å². The van der Waals surface area contributed by atoms with Crippen LogP contribution in [0.1, 0.15) is 39.3 Å². The van der Waals surface area contributed by atoms with Crippen LogP contribution in [-0.2, 0) is 14.3 Å². The van der Waals surface area contributed by atoms with E-state index in [-0.39, 0.29) is 24.5 Å². The number of carbonyl (C=O) groups excluding carboxylic acids is 2. The number of hydrogen-bond acceptors (Lipinski definition) is 5. The lowest BCUT2D eigenvalue weighted by atomic mass is 10.0. The number of nitrogens with zero attached hydrogens (tertiary/aromatic N) is 3. The molecule has 1 aromatic heterocycles. The van der Waals surface area contributed by atoms with E-state index in [0.717, 1.165) is 5.56 Å². The smallest absolute Gasteiger partial charge is 0.410 e. The third kappa shape index (κ3) is 5.80. The van der Waals surface area contributed by atoms with Crippen molar-refractivity contribution >= 4 is 39.5 Å². The Bertz CT molecular complexity index is 690. The zero-order valence-electron chi connectivity index (χ0n) is 16.2. The van der Waals surface area contributed by atoms with E-state index in [1.54, 1.807) is 29.0 Å². The molecular formula is C18H25BrClN3O4. The summed E-state index contributed by atoms with van der Waals surface area (Å²) in [6, 6.07) is 2.85. The summed E-state index contributed by atoms with van der Waals surface area (Å²) in [5, 5.41) is 0.311. The van der Waals surface area contributed by atoms with Gasteiger partial charge in [0.05, 0.1) is 18.7 Å². The third-order valence-electron chi connectivity index (χ3n) is 4.16. The van der Waals surface area contributed by atoms with Crippen LogP contribution < -0.4 is 0 Å². The fraction of sp³-hybridized carbons (Fsp3) is 0.611. The van der Waals surface area contributed by atoms with Gasteiger partial charge in [0.25, 0.3) is 0 Å². The molecule has 2 heterocycles. The van der Waals surface area contributed by atoms with Gasteiger partial charge in [-0.2, -0.15) is 0 Å².